The third-order valence-corrected chi connectivity index (χ3v) is 2.90. The van der Waals surface area contributed by atoms with Crippen molar-refractivity contribution in [1.29, 1.82) is 0 Å². The molecule has 0 aliphatic carbocycles. The second-order valence-corrected chi connectivity index (χ2v) is 5.24. The van der Waals surface area contributed by atoms with E-state index in [4.69, 9.17) is 0 Å². The van der Waals surface area contributed by atoms with Crippen LogP contribution in [0.3, 0.4) is 0 Å². The number of hydrogen-bond acceptors (Lipinski definition) is 2. The van der Waals surface area contributed by atoms with Gasteiger partial charge in [-0.2, -0.15) is 0 Å². The van der Waals surface area contributed by atoms with E-state index in [-0.39, 0.29) is 5.91 Å². The average Bonchev–Trinajstić information content (AvgIpc) is 2.27. The molecule has 17 heavy (non-hydrogen) atoms. The number of benzene rings is 1. The van der Waals surface area contributed by atoms with Crippen LogP contribution in [0.25, 0.3) is 0 Å². The van der Waals surface area contributed by atoms with E-state index >= 15 is 0 Å². The molecule has 1 aromatic rings. The summed E-state index contributed by atoms with van der Waals surface area (Å²) in [5.41, 5.74) is 1.71. The summed E-state index contributed by atoms with van der Waals surface area (Å²) in [6.45, 7) is 7.54. The van der Waals surface area contributed by atoms with Crippen molar-refractivity contribution in [2.45, 2.75) is 26.8 Å². The zero-order chi connectivity index (χ0) is 12.8. The fraction of sp³-hybridized carbons (Fsp3) is 0.462. The molecule has 1 amide bonds. The summed E-state index contributed by atoms with van der Waals surface area (Å²) in [5.74, 6) is -0.0191. The second kappa shape index (κ2) is 6.77. The highest BCUT2D eigenvalue weighted by atomic mass is 79.9. The molecule has 2 N–H and O–H groups in total. The van der Waals surface area contributed by atoms with Gasteiger partial charge in [0.2, 0.25) is 0 Å². The molecule has 0 unspecified atom stereocenters. The van der Waals surface area contributed by atoms with Gasteiger partial charge in [0.25, 0.3) is 5.91 Å². The fourth-order valence-corrected chi connectivity index (χ4v) is 1.83. The molecule has 1 rings (SSSR count). The highest BCUT2D eigenvalue weighted by molar-refractivity contribution is 9.10. The first kappa shape index (κ1) is 14.2. The van der Waals surface area contributed by atoms with Crippen molar-refractivity contribution in [1.82, 2.24) is 10.6 Å². The van der Waals surface area contributed by atoms with Gasteiger partial charge in [0.1, 0.15) is 0 Å². The molecule has 1 aromatic carbocycles. The highest BCUT2D eigenvalue weighted by Gasteiger charge is 2.08. The van der Waals surface area contributed by atoms with Crippen molar-refractivity contribution in [2.75, 3.05) is 13.1 Å². The summed E-state index contributed by atoms with van der Waals surface area (Å²) in [5, 5.41) is 6.15. The summed E-state index contributed by atoms with van der Waals surface area (Å²) in [4.78, 5) is 11.9. The van der Waals surface area contributed by atoms with E-state index in [0.717, 1.165) is 22.1 Å². The maximum Gasteiger partial charge on any atom is 0.251 e. The van der Waals surface area contributed by atoms with Gasteiger partial charge in [-0.15, -0.1) is 0 Å². The standard InChI is InChI=1S/C13H19BrN2O/c1-9(2)15-6-7-16-13(17)12-8-11(14)5-4-10(12)3/h4-5,8-9,15H,6-7H2,1-3H3,(H,16,17). The Bertz CT molecular complexity index is 391. The van der Waals surface area contributed by atoms with Crippen LogP contribution in [-0.4, -0.2) is 25.0 Å². The largest absolute Gasteiger partial charge is 0.351 e. The smallest absolute Gasteiger partial charge is 0.251 e. The number of amides is 1. The number of hydrogen-bond donors (Lipinski definition) is 2. The Hall–Kier alpha value is -0.870. The molecule has 4 heteroatoms. The Morgan fingerprint density at radius 1 is 1.35 bits per heavy atom. The van der Waals surface area contributed by atoms with E-state index in [1.165, 1.54) is 0 Å². The quantitative estimate of drug-likeness (QED) is 0.820. The molecule has 94 valence electrons. The Morgan fingerprint density at radius 3 is 2.71 bits per heavy atom. The van der Waals surface area contributed by atoms with Gasteiger partial charge in [-0.25, -0.2) is 0 Å². The molecule has 0 aliphatic heterocycles. The molecule has 0 spiro atoms. The monoisotopic (exact) mass is 298 g/mol. The normalized spacial score (nSPS) is 10.6. The van der Waals surface area contributed by atoms with Crippen LogP contribution in [0.1, 0.15) is 29.8 Å². The van der Waals surface area contributed by atoms with Gasteiger partial charge in [-0.3, -0.25) is 4.79 Å². The lowest BCUT2D eigenvalue weighted by Gasteiger charge is -2.10. The summed E-state index contributed by atoms with van der Waals surface area (Å²) >= 11 is 3.37. The van der Waals surface area contributed by atoms with Crippen molar-refractivity contribution in [3.63, 3.8) is 0 Å². The Kier molecular flexibility index (Phi) is 5.65. The van der Waals surface area contributed by atoms with Gasteiger partial charge < -0.3 is 10.6 Å². The van der Waals surface area contributed by atoms with Crippen molar-refractivity contribution in [2.24, 2.45) is 0 Å². The molecular formula is C13H19BrN2O. The lowest BCUT2D eigenvalue weighted by atomic mass is 10.1. The molecule has 0 saturated carbocycles. The molecule has 0 radical (unpaired) electrons. The Labute approximate surface area is 111 Å². The summed E-state index contributed by atoms with van der Waals surface area (Å²) < 4.78 is 0.925. The van der Waals surface area contributed by atoms with Crippen LogP contribution < -0.4 is 10.6 Å². The van der Waals surface area contributed by atoms with Crippen molar-refractivity contribution >= 4 is 21.8 Å². The fourth-order valence-electron chi connectivity index (χ4n) is 1.47. The van der Waals surface area contributed by atoms with Gasteiger partial charge in [0, 0.05) is 29.2 Å². The van der Waals surface area contributed by atoms with E-state index in [0.29, 0.717) is 12.6 Å². The number of halogens is 1. The first-order chi connectivity index (χ1) is 8.00. The molecule has 0 heterocycles. The summed E-state index contributed by atoms with van der Waals surface area (Å²) in [7, 11) is 0. The predicted molar refractivity (Wildman–Crippen MR) is 74.4 cm³/mol. The highest BCUT2D eigenvalue weighted by Crippen LogP contribution is 2.15. The molecule has 0 fully saturated rings. The zero-order valence-corrected chi connectivity index (χ0v) is 12.1. The average molecular weight is 299 g/mol. The molecule has 0 aliphatic rings. The molecular weight excluding hydrogens is 280 g/mol. The molecule has 0 atom stereocenters. The van der Waals surface area contributed by atoms with E-state index in [1.807, 2.05) is 25.1 Å². The number of carbonyl (C=O) groups excluding carboxylic acids is 1. The van der Waals surface area contributed by atoms with Gasteiger partial charge in [0.15, 0.2) is 0 Å². The second-order valence-electron chi connectivity index (χ2n) is 4.32. The Balaban J connectivity index is 2.49. The molecule has 3 nitrogen and oxygen atoms in total. The third-order valence-electron chi connectivity index (χ3n) is 2.41. The van der Waals surface area contributed by atoms with E-state index in [9.17, 15) is 4.79 Å². The van der Waals surface area contributed by atoms with Crippen molar-refractivity contribution < 1.29 is 4.79 Å². The number of rotatable bonds is 5. The number of carbonyl (C=O) groups is 1. The minimum absolute atomic E-state index is 0.0191. The minimum atomic E-state index is -0.0191. The van der Waals surface area contributed by atoms with Crippen LogP contribution in [0.15, 0.2) is 22.7 Å². The SMILES string of the molecule is Cc1ccc(Br)cc1C(=O)NCCNC(C)C. The maximum absolute atomic E-state index is 11.9. The number of nitrogens with one attached hydrogen (secondary N) is 2. The van der Waals surface area contributed by atoms with Crippen LogP contribution in [0.2, 0.25) is 0 Å². The van der Waals surface area contributed by atoms with Crippen molar-refractivity contribution in [3.05, 3.63) is 33.8 Å². The van der Waals surface area contributed by atoms with Gasteiger partial charge >= 0.3 is 0 Å². The predicted octanol–water partition coefficient (Wildman–Crippen LogP) is 2.49. The van der Waals surface area contributed by atoms with Crippen LogP contribution in [0.5, 0.6) is 0 Å². The van der Waals surface area contributed by atoms with Gasteiger partial charge in [-0.1, -0.05) is 35.8 Å². The van der Waals surface area contributed by atoms with Crippen LogP contribution in [0.4, 0.5) is 0 Å². The third kappa shape index (κ3) is 4.88. The lowest BCUT2D eigenvalue weighted by molar-refractivity contribution is 0.0953. The topological polar surface area (TPSA) is 41.1 Å². The van der Waals surface area contributed by atoms with Crippen LogP contribution >= 0.6 is 15.9 Å². The number of aryl methyl sites for hydroxylation is 1. The molecule has 0 aromatic heterocycles. The van der Waals surface area contributed by atoms with Crippen molar-refractivity contribution in [3.8, 4) is 0 Å². The van der Waals surface area contributed by atoms with Gasteiger partial charge in [-0.05, 0) is 24.6 Å². The van der Waals surface area contributed by atoms with Crippen LogP contribution in [0, 0.1) is 6.92 Å². The zero-order valence-electron chi connectivity index (χ0n) is 10.5. The first-order valence-electron chi connectivity index (χ1n) is 5.78. The maximum atomic E-state index is 11.9. The van der Waals surface area contributed by atoms with E-state index < -0.39 is 0 Å². The lowest BCUT2D eigenvalue weighted by Crippen LogP contribution is -2.34. The van der Waals surface area contributed by atoms with E-state index in [2.05, 4.69) is 40.4 Å². The first-order valence-corrected chi connectivity index (χ1v) is 6.57. The van der Waals surface area contributed by atoms with E-state index in [1.54, 1.807) is 0 Å². The molecule has 0 bridgehead atoms. The molecule has 0 saturated heterocycles. The van der Waals surface area contributed by atoms with Gasteiger partial charge in [0.05, 0.1) is 0 Å². The summed E-state index contributed by atoms with van der Waals surface area (Å²) in [6.07, 6.45) is 0. The summed E-state index contributed by atoms with van der Waals surface area (Å²) in [6, 6.07) is 6.16. The van der Waals surface area contributed by atoms with Crippen LogP contribution in [-0.2, 0) is 0 Å². The minimum Gasteiger partial charge on any atom is -0.351 e. The Morgan fingerprint density at radius 2 is 2.06 bits per heavy atom.